The molecule has 1 heterocycles. The lowest BCUT2D eigenvalue weighted by Crippen LogP contribution is -2.04. The molecule has 2 N–H and O–H groups in total. The number of carbonyl (C=O) groups excluding carboxylic acids is 1. The summed E-state index contributed by atoms with van der Waals surface area (Å²) in [6.45, 7) is 3.98. The van der Waals surface area contributed by atoms with E-state index in [9.17, 15) is 4.79 Å². The lowest BCUT2D eigenvalue weighted by molar-refractivity contribution is 0.103. The molecule has 0 radical (unpaired) electrons. The summed E-state index contributed by atoms with van der Waals surface area (Å²) in [5, 5.41) is 0.981. The van der Waals surface area contributed by atoms with E-state index in [1.807, 2.05) is 49.0 Å². The first-order valence-electron chi connectivity index (χ1n) is 6.94. The average Bonchev–Trinajstić information content (AvgIpc) is 2.78. The Balaban J connectivity index is 2.21. The van der Waals surface area contributed by atoms with Gasteiger partial charge in [0.15, 0.2) is 5.78 Å². The van der Waals surface area contributed by atoms with E-state index in [1.54, 1.807) is 6.07 Å². The number of rotatable bonds is 2. The fourth-order valence-corrected chi connectivity index (χ4v) is 2.70. The number of nitrogens with zero attached hydrogens (tertiary/aromatic N) is 1. The van der Waals surface area contributed by atoms with Crippen molar-refractivity contribution in [1.82, 2.24) is 4.57 Å². The lowest BCUT2D eigenvalue weighted by Gasteiger charge is -2.05. The number of hydrogen-bond donors (Lipinski definition) is 1. The topological polar surface area (TPSA) is 48.0 Å². The van der Waals surface area contributed by atoms with Crippen LogP contribution in [0.4, 0.5) is 5.69 Å². The van der Waals surface area contributed by atoms with Crippen molar-refractivity contribution >= 4 is 22.4 Å². The molecular formula is C18H18N2O. The van der Waals surface area contributed by atoms with Gasteiger partial charge >= 0.3 is 0 Å². The van der Waals surface area contributed by atoms with Gasteiger partial charge in [-0.25, -0.2) is 0 Å². The van der Waals surface area contributed by atoms with Crippen LogP contribution < -0.4 is 5.73 Å². The number of aromatic nitrogens is 1. The van der Waals surface area contributed by atoms with Crippen molar-refractivity contribution in [2.24, 2.45) is 7.05 Å². The summed E-state index contributed by atoms with van der Waals surface area (Å²) in [4.78, 5) is 12.9. The number of nitrogens with two attached hydrogens (primary N) is 1. The highest BCUT2D eigenvalue weighted by molar-refractivity contribution is 6.17. The minimum absolute atomic E-state index is 0.0225. The molecular weight excluding hydrogens is 260 g/mol. The van der Waals surface area contributed by atoms with E-state index in [0.29, 0.717) is 11.3 Å². The highest BCUT2D eigenvalue weighted by atomic mass is 16.1. The monoisotopic (exact) mass is 278 g/mol. The molecule has 3 nitrogen and oxygen atoms in total. The van der Waals surface area contributed by atoms with Crippen molar-refractivity contribution in [3.8, 4) is 0 Å². The highest BCUT2D eigenvalue weighted by Gasteiger charge is 2.17. The Morgan fingerprint density at radius 2 is 1.81 bits per heavy atom. The van der Waals surface area contributed by atoms with Crippen LogP contribution in [0.5, 0.6) is 0 Å². The number of fused-ring (bicyclic) bond motifs is 1. The molecule has 3 heteroatoms. The van der Waals surface area contributed by atoms with E-state index in [2.05, 4.69) is 13.0 Å². The van der Waals surface area contributed by atoms with Gasteiger partial charge in [0.2, 0.25) is 0 Å². The molecule has 0 aliphatic heterocycles. The molecule has 0 aliphatic carbocycles. The Morgan fingerprint density at radius 1 is 1.05 bits per heavy atom. The van der Waals surface area contributed by atoms with Gasteiger partial charge in [-0.1, -0.05) is 18.2 Å². The van der Waals surface area contributed by atoms with Gasteiger partial charge < -0.3 is 10.3 Å². The zero-order chi connectivity index (χ0) is 15.1. The molecule has 106 valence electrons. The largest absolute Gasteiger partial charge is 0.399 e. The third-order valence-corrected chi connectivity index (χ3v) is 3.90. The molecule has 3 rings (SSSR count). The fraction of sp³-hybridized carbons (Fsp3) is 0.167. The predicted molar refractivity (Wildman–Crippen MR) is 86.7 cm³/mol. The average molecular weight is 278 g/mol. The first-order chi connectivity index (χ1) is 9.97. The zero-order valence-corrected chi connectivity index (χ0v) is 12.5. The molecule has 0 aliphatic rings. The number of benzene rings is 2. The molecule has 0 amide bonds. The summed E-state index contributed by atoms with van der Waals surface area (Å²) in [5.41, 5.74) is 11.0. The Hall–Kier alpha value is -2.55. The van der Waals surface area contributed by atoms with Crippen molar-refractivity contribution in [3.05, 3.63) is 64.8 Å². The van der Waals surface area contributed by atoms with Crippen LogP contribution in [0.3, 0.4) is 0 Å². The molecule has 0 spiro atoms. The number of aryl methyl sites for hydroxylation is 3. The number of ketones is 1. The Labute approximate surface area is 124 Å². The van der Waals surface area contributed by atoms with Crippen LogP contribution in [0.2, 0.25) is 0 Å². The number of nitrogen functional groups attached to an aromatic ring is 1. The van der Waals surface area contributed by atoms with E-state index < -0.39 is 0 Å². The van der Waals surface area contributed by atoms with Gasteiger partial charge in [0, 0.05) is 41.0 Å². The van der Waals surface area contributed by atoms with Crippen LogP contribution >= 0.6 is 0 Å². The maximum Gasteiger partial charge on any atom is 0.195 e. The van der Waals surface area contributed by atoms with Crippen LogP contribution in [0, 0.1) is 13.8 Å². The number of anilines is 1. The summed E-state index contributed by atoms with van der Waals surface area (Å²) in [6.07, 6.45) is 1.90. The van der Waals surface area contributed by atoms with Crippen molar-refractivity contribution in [3.63, 3.8) is 0 Å². The van der Waals surface area contributed by atoms with Crippen LogP contribution in [0.15, 0.2) is 42.6 Å². The second-order valence-electron chi connectivity index (χ2n) is 5.58. The Bertz CT molecular complexity index is 859. The number of hydrogen-bond acceptors (Lipinski definition) is 2. The smallest absolute Gasteiger partial charge is 0.195 e. The van der Waals surface area contributed by atoms with Crippen molar-refractivity contribution in [1.29, 1.82) is 0 Å². The SMILES string of the molecule is Cc1ccc2c(C(=O)c3cc(N)ccc3C)cn(C)c2c1. The summed E-state index contributed by atoms with van der Waals surface area (Å²) in [6, 6.07) is 11.6. The van der Waals surface area contributed by atoms with E-state index in [4.69, 9.17) is 5.73 Å². The van der Waals surface area contributed by atoms with E-state index in [-0.39, 0.29) is 5.78 Å². The predicted octanol–water partition coefficient (Wildman–Crippen LogP) is 3.61. The van der Waals surface area contributed by atoms with Crippen molar-refractivity contribution < 1.29 is 4.79 Å². The van der Waals surface area contributed by atoms with Gasteiger partial charge in [0.1, 0.15) is 0 Å². The molecule has 0 atom stereocenters. The zero-order valence-electron chi connectivity index (χ0n) is 12.5. The minimum atomic E-state index is 0.0225. The van der Waals surface area contributed by atoms with E-state index in [1.165, 1.54) is 5.56 Å². The first-order valence-corrected chi connectivity index (χ1v) is 6.94. The molecule has 1 aromatic heterocycles. The van der Waals surface area contributed by atoms with Crippen LogP contribution in [-0.2, 0) is 7.05 Å². The fourth-order valence-electron chi connectivity index (χ4n) is 2.70. The van der Waals surface area contributed by atoms with E-state index in [0.717, 1.165) is 22.0 Å². The Kier molecular flexibility index (Phi) is 3.05. The van der Waals surface area contributed by atoms with E-state index >= 15 is 0 Å². The Morgan fingerprint density at radius 3 is 2.57 bits per heavy atom. The molecule has 2 aromatic carbocycles. The minimum Gasteiger partial charge on any atom is -0.399 e. The second kappa shape index (κ2) is 4.77. The van der Waals surface area contributed by atoms with Crippen LogP contribution in [-0.4, -0.2) is 10.4 Å². The molecule has 3 aromatic rings. The molecule has 0 fully saturated rings. The third-order valence-electron chi connectivity index (χ3n) is 3.90. The van der Waals surface area contributed by atoms with Crippen LogP contribution in [0.1, 0.15) is 27.0 Å². The second-order valence-corrected chi connectivity index (χ2v) is 5.58. The van der Waals surface area contributed by atoms with Crippen molar-refractivity contribution in [2.75, 3.05) is 5.73 Å². The highest BCUT2D eigenvalue weighted by Crippen LogP contribution is 2.26. The molecule has 0 bridgehead atoms. The quantitative estimate of drug-likeness (QED) is 0.575. The first kappa shape index (κ1) is 13.4. The van der Waals surface area contributed by atoms with Gasteiger partial charge in [0.25, 0.3) is 0 Å². The summed E-state index contributed by atoms with van der Waals surface area (Å²) in [7, 11) is 1.96. The number of carbonyl (C=O) groups is 1. The maximum atomic E-state index is 12.9. The third kappa shape index (κ3) is 2.21. The van der Waals surface area contributed by atoms with Gasteiger partial charge in [0.05, 0.1) is 0 Å². The standard InChI is InChI=1S/C18H18N2O/c1-11-4-7-14-16(10-20(3)17(14)8-11)18(21)15-9-13(19)6-5-12(15)2/h4-10H,19H2,1-3H3. The summed E-state index contributed by atoms with van der Waals surface area (Å²) >= 11 is 0. The lowest BCUT2D eigenvalue weighted by atomic mass is 9.98. The van der Waals surface area contributed by atoms with Gasteiger partial charge in [-0.15, -0.1) is 0 Å². The van der Waals surface area contributed by atoms with Crippen LogP contribution in [0.25, 0.3) is 10.9 Å². The van der Waals surface area contributed by atoms with Gasteiger partial charge in [-0.05, 0) is 43.2 Å². The maximum absolute atomic E-state index is 12.9. The summed E-state index contributed by atoms with van der Waals surface area (Å²) < 4.78 is 2.00. The van der Waals surface area contributed by atoms with Gasteiger partial charge in [-0.3, -0.25) is 4.79 Å². The van der Waals surface area contributed by atoms with Crippen molar-refractivity contribution in [2.45, 2.75) is 13.8 Å². The van der Waals surface area contributed by atoms with Gasteiger partial charge in [-0.2, -0.15) is 0 Å². The molecule has 0 saturated heterocycles. The normalized spacial score (nSPS) is 11.0. The molecule has 0 unspecified atom stereocenters. The molecule has 21 heavy (non-hydrogen) atoms. The molecule has 0 saturated carbocycles. The summed E-state index contributed by atoms with van der Waals surface area (Å²) in [5.74, 6) is 0.0225.